The molecular weight excluding hydrogens is 170 g/mol. The second-order valence-electron chi connectivity index (χ2n) is 3.98. The summed E-state index contributed by atoms with van der Waals surface area (Å²) in [5.74, 6) is 0. The molecule has 1 aliphatic rings. The van der Waals surface area contributed by atoms with Crippen LogP contribution in [-0.2, 0) is 4.74 Å². The van der Waals surface area contributed by atoms with E-state index in [1.807, 2.05) is 32.8 Å². The summed E-state index contributed by atoms with van der Waals surface area (Å²) in [4.78, 5) is 1.84. The Kier molecular flexibility index (Phi) is 3.29. The fourth-order valence-electron chi connectivity index (χ4n) is 1.87. The molecule has 0 aliphatic carbocycles. The van der Waals surface area contributed by atoms with E-state index in [1.54, 1.807) is 0 Å². The van der Waals surface area contributed by atoms with Gasteiger partial charge in [0.2, 0.25) is 0 Å². The Bertz CT molecular complexity index is 160. The van der Waals surface area contributed by atoms with E-state index >= 15 is 0 Å². The normalized spacial score (nSPS) is 46.8. The highest BCUT2D eigenvalue weighted by molar-refractivity contribution is 4.93. The highest BCUT2D eigenvalue weighted by atomic mass is 16.5. The summed E-state index contributed by atoms with van der Waals surface area (Å²) in [6.07, 6.45) is -1.68. The van der Waals surface area contributed by atoms with Crippen LogP contribution in [0.1, 0.15) is 13.8 Å². The van der Waals surface area contributed by atoms with Crippen LogP contribution in [-0.4, -0.2) is 59.7 Å². The van der Waals surface area contributed by atoms with E-state index in [0.717, 1.165) is 0 Å². The summed E-state index contributed by atoms with van der Waals surface area (Å²) < 4.78 is 5.36. The number of likely N-dealkylation sites (N-methyl/N-ethyl adjacent to an activating group) is 1. The molecule has 0 spiro atoms. The Morgan fingerprint density at radius 1 is 1.00 bits per heavy atom. The zero-order valence-corrected chi connectivity index (χ0v) is 8.64. The number of hydrogen-bond acceptors (Lipinski definition) is 4. The molecule has 2 N–H and O–H groups in total. The minimum atomic E-state index is -0.624. The van der Waals surface area contributed by atoms with Crippen LogP contribution < -0.4 is 0 Å². The third-order valence-electron chi connectivity index (χ3n) is 2.69. The van der Waals surface area contributed by atoms with Crippen LogP contribution >= 0.6 is 0 Å². The van der Waals surface area contributed by atoms with Gasteiger partial charge in [0.05, 0.1) is 30.5 Å². The highest BCUT2D eigenvalue weighted by Gasteiger charge is 2.41. The molecule has 0 radical (unpaired) electrons. The molecule has 2 unspecified atom stereocenters. The first-order valence-electron chi connectivity index (χ1n) is 4.63. The molecule has 1 rings (SSSR count). The lowest BCUT2D eigenvalue weighted by atomic mass is 9.93. The van der Waals surface area contributed by atoms with Crippen LogP contribution in [0.2, 0.25) is 0 Å². The van der Waals surface area contributed by atoms with Crippen molar-refractivity contribution < 1.29 is 14.9 Å². The Balaban J connectivity index is 2.76. The van der Waals surface area contributed by atoms with Gasteiger partial charge in [-0.1, -0.05) is 0 Å². The lowest BCUT2D eigenvalue weighted by molar-refractivity contribution is -0.189. The second-order valence-corrected chi connectivity index (χ2v) is 3.98. The first-order valence-corrected chi connectivity index (χ1v) is 4.63. The highest BCUT2D eigenvalue weighted by Crippen LogP contribution is 2.23. The maximum Gasteiger partial charge on any atom is 0.0979 e. The fourth-order valence-corrected chi connectivity index (χ4v) is 1.87. The summed E-state index contributed by atoms with van der Waals surface area (Å²) in [6.45, 7) is 3.65. The summed E-state index contributed by atoms with van der Waals surface area (Å²) in [5, 5.41) is 19.5. The van der Waals surface area contributed by atoms with Crippen molar-refractivity contribution in [3.05, 3.63) is 0 Å². The fraction of sp³-hybridized carbons (Fsp3) is 1.00. The van der Waals surface area contributed by atoms with Crippen LogP contribution in [0.5, 0.6) is 0 Å². The molecule has 1 fully saturated rings. The Morgan fingerprint density at radius 3 is 1.69 bits per heavy atom. The van der Waals surface area contributed by atoms with Crippen molar-refractivity contribution in [2.24, 2.45) is 0 Å². The summed E-state index contributed by atoms with van der Waals surface area (Å²) in [7, 11) is 3.70. The molecule has 1 heterocycles. The van der Waals surface area contributed by atoms with Crippen molar-refractivity contribution in [1.82, 2.24) is 4.90 Å². The van der Waals surface area contributed by atoms with Gasteiger partial charge in [-0.2, -0.15) is 0 Å². The Labute approximate surface area is 79.1 Å². The van der Waals surface area contributed by atoms with Crippen molar-refractivity contribution in [3.63, 3.8) is 0 Å². The van der Waals surface area contributed by atoms with Crippen LogP contribution in [0.25, 0.3) is 0 Å². The zero-order valence-electron chi connectivity index (χ0n) is 8.64. The quantitative estimate of drug-likeness (QED) is 0.581. The molecule has 13 heavy (non-hydrogen) atoms. The number of ether oxygens (including phenoxy) is 1. The Hall–Kier alpha value is -0.160. The molecule has 0 amide bonds. The standard InChI is InChI=1S/C9H19NO3/c1-5-8(11)7(10(3)4)9(12)6(2)13-5/h5-9,11-12H,1-4H3/t5-,6?,7?,8-,9+/m1/s1. The van der Waals surface area contributed by atoms with Crippen molar-refractivity contribution in [2.45, 2.75) is 44.3 Å². The average Bonchev–Trinajstić information content (AvgIpc) is 2.01. The van der Waals surface area contributed by atoms with Crippen LogP contribution in [0.15, 0.2) is 0 Å². The number of aliphatic hydroxyl groups excluding tert-OH is 2. The van der Waals surface area contributed by atoms with E-state index in [2.05, 4.69) is 0 Å². The number of nitrogens with zero attached hydrogens (tertiary/aromatic N) is 1. The van der Waals surface area contributed by atoms with Gasteiger partial charge < -0.3 is 19.8 Å². The molecule has 0 aromatic heterocycles. The molecule has 4 heteroatoms. The molecule has 0 bridgehead atoms. The van der Waals surface area contributed by atoms with Gasteiger partial charge in [-0.3, -0.25) is 0 Å². The predicted octanol–water partition coefficient (Wildman–Crippen LogP) is -0.554. The number of aliphatic hydroxyl groups is 2. The molecule has 4 nitrogen and oxygen atoms in total. The van der Waals surface area contributed by atoms with Crippen LogP contribution in [0.4, 0.5) is 0 Å². The topological polar surface area (TPSA) is 52.9 Å². The summed E-state index contributed by atoms with van der Waals surface area (Å²) in [6, 6.07) is -0.237. The van der Waals surface area contributed by atoms with E-state index in [4.69, 9.17) is 4.74 Å². The van der Waals surface area contributed by atoms with E-state index in [-0.39, 0.29) is 18.2 Å². The van der Waals surface area contributed by atoms with Crippen molar-refractivity contribution in [3.8, 4) is 0 Å². The SMILES string of the molecule is CC1O[C@H](C)[C@@H](O)C(N(C)C)[C@H]1O. The monoisotopic (exact) mass is 189 g/mol. The van der Waals surface area contributed by atoms with Gasteiger partial charge >= 0.3 is 0 Å². The lowest BCUT2D eigenvalue weighted by Gasteiger charge is -2.43. The summed E-state index contributed by atoms with van der Waals surface area (Å²) >= 11 is 0. The molecule has 0 aromatic carbocycles. The maximum absolute atomic E-state index is 9.77. The third kappa shape index (κ3) is 2.02. The molecule has 78 valence electrons. The maximum atomic E-state index is 9.77. The first-order chi connectivity index (χ1) is 5.95. The Morgan fingerprint density at radius 2 is 1.38 bits per heavy atom. The molecule has 0 saturated carbocycles. The molecule has 0 aromatic rings. The lowest BCUT2D eigenvalue weighted by Crippen LogP contribution is -2.60. The van der Waals surface area contributed by atoms with Gasteiger partial charge in [0, 0.05) is 0 Å². The van der Waals surface area contributed by atoms with E-state index in [0.29, 0.717) is 0 Å². The molecule has 1 aliphatic heterocycles. The van der Waals surface area contributed by atoms with Crippen molar-refractivity contribution in [2.75, 3.05) is 14.1 Å². The van der Waals surface area contributed by atoms with Crippen LogP contribution in [0, 0.1) is 0 Å². The minimum Gasteiger partial charge on any atom is -0.389 e. The predicted molar refractivity (Wildman–Crippen MR) is 49.5 cm³/mol. The minimum absolute atomic E-state index is 0.217. The smallest absolute Gasteiger partial charge is 0.0979 e. The zero-order chi connectivity index (χ0) is 10.2. The van der Waals surface area contributed by atoms with Gasteiger partial charge in [0.1, 0.15) is 0 Å². The summed E-state index contributed by atoms with van der Waals surface area (Å²) in [5.41, 5.74) is 0. The van der Waals surface area contributed by atoms with Gasteiger partial charge in [0.25, 0.3) is 0 Å². The van der Waals surface area contributed by atoms with E-state index < -0.39 is 12.2 Å². The third-order valence-corrected chi connectivity index (χ3v) is 2.69. The van der Waals surface area contributed by atoms with Gasteiger partial charge in [-0.05, 0) is 27.9 Å². The number of hydrogen-bond donors (Lipinski definition) is 2. The van der Waals surface area contributed by atoms with E-state index in [9.17, 15) is 10.2 Å². The average molecular weight is 189 g/mol. The second kappa shape index (κ2) is 3.92. The van der Waals surface area contributed by atoms with Crippen molar-refractivity contribution >= 4 is 0 Å². The van der Waals surface area contributed by atoms with Gasteiger partial charge in [0.15, 0.2) is 0 Å². The van der Waals surface area contributed by atoms with Gasteiger partial charge in [-0.25, -0.2) is 0 Å². The van der Waals surface area contributed by atoms with E-state index in [1.165, 1.54) is 0 Å². The number of rotatable bonds is 1. The molecular formula is C9H19NO3. The van der Waals surface area contributed by atoms with Crippen LogP contribution in [0.3, 0.4) is 0 Å². The molecule has 5 atom stereocenters. The largest absolute Gasteiger partial charge is 0.389 e. The van der Waals surface area contributed by atoms with Gasteiger partial charge in [-0.15, -0.1) is 0 Å². The molecule has 1 saturated heterocycles. The van der Waals surface area contributed by atoms with Crippen molar-refractivity contribution in [1.29, 1.82) is 0 Å². The first kappa shape index (κ1) is 10.9.